The van der Waals surface area contributed by atoms with Gasteiger partial charge in [0, 0.05) is 29.1 Å². The van der Waals surface area contributed by atoms with Crippen LogP contribution in [0.2, 0.25) is 5.02 Å². The van der Waals surface area contributed by atoms with Gasteiger partial charge < -0.3 is 9.30 Å². The van der Waals surface area contributed by atoms with Crippen LogP contribution in [-0.2, 0) is 16.6 Å². The number of ether oxygens (including phenoxy) is 1. The topological polar surface area (TPSA) is 48.3 Å². The van der Waals surface area contributed by atoms with Crippen molar-refractivity contribution in [1.29, 1.82) is 0 Å². The van der Waals surface area contributed by atoms with Crippen LogP contribution in [-0.4, -0.2) is 17.6 Å². The monoisotopic (exact) mass is 353 g/mol. The van der Waals surface area contributed by atoms with Crippen molar-refractivity contribution in [3.8, 4) is 11.3 Å². The molecule has 0 aliphatic rings. The van der Waals surface area contributed by atoms with Crippen LogP contribution in [0, 0.1) is 0 Å². The van der Waals surface area contributed by atoms with Crippen LogP contribution in [0.25, 0.3) is 28.1 Å². The lowest BCUT2D eigenvalue weighted by molar-refractivity contribution is -0.134. The Hall–Kier alpha value is -2.85. The number of carbonyl (C=O) groups excluding carboxylic acids is 1. The molecule has 25 heavy (non-hydrogen) atoms. The summed E-state index contributed by atoms with van der Waals surface area (Å²) in [5.74, 6) is -0.463. The number of aromatic nitrogens is 1. The Bertz CT molecular complexity index is 1040. The molecular weight excluding hydrogens is 338 g/mol. The smallest absolute Gasteiger partial charge is 0.330 e. The third-order valence-electron chi connectivity index (χ3n) is 4.03. The second-order valence-corrected chi connectivity index (χ2v) is 5.98. The van der Waals surface area contributed by atoms with E-state index in [0.29, 0.717) is 10.4 Å². The predicted octanol–water partition coefficient (Wildman–Crippen LogP) is 4.05. The van der Waals surface area contributed by atoms with Gasteiger partial charge in [-0.25, -0.2) is 4.79 Å². The van der Waals surface area contributed by atoms with Gasteiger partial charge in [-0.2, -0.15) is 0 Å². The quantitative estimate of drug-likeness (QED) is 0.527. The third kappa shape index (κ3) is 3.21. The highest BCUT2D eigenvalue weighted by molar-refractivity contribution is 6.31. The first-order valence-electron chi connectivity index (χ1n) is 7.66. The Morgan fingerprint density at radius 1 is 1.12 bits per heavy atom. The normalized spacial score (nSPS) is 11.2. The summed E-state index contributed by atoms with van der Waals surface area (Å²) < 4.78 is 6.26. The lowest BCUT2D eigenvalue weighted by Gasteiger charge is -2.15. The first kappa shape index (κ1) is 17.0. The standard InChI is InChI=1S/C20H16ClNO3/c1-22-19(13-6-4-3-5-7-13)16(10-11-18(23)25-2)15-9-8-14(21)12-17(15)20(22)24/h3-12H,1-2H3/b11-10+. The first-order valence-corrected chi connectivity index (χ1v) is 8.04. The van der Waals surface area contributed by atoms with Gasteiger partial charge in [0.1, 0.15) is 0 Å². The Morgan fingerprint density at radius 3 is 2.52 bits per heavy atom. The molecule has 1 heterocycles. The molecule has 5 heteroatoms. The average molecular weight is 354 g/mol. The Morgan fingerprint density at radius 2 is 1.84 bits per heavy atom. The highest BCUT2D eigenvalue weighted by atomic mass is 35.5. The van der Waals surface area contributed by atoms with Gasteiger partial charge in [-0.3, -0.25) is 4.79 Å². The average Bonchev–Trinajstić information content (AvgIpc) is 2.64. The second kappa shape index (κ2) is 6.95. The minimum absolute atomic E-state index is 0.147. The van der Waals surface area contributed by atoms with Gasteiger partial charge in [-0.05, 0) is 29.2 Å². The van der Waals surface area contributed by atoms with E-state index in [4.69, 9.17) is 11.6 Å². The van der Waals surface area contributed by atoms with Gasteiger partial charge in [0.2, 0.25) is 0 Å². The van der Waals surface area contributed by atoms with Crippen LogP contribution in [0.3, 0.4) is 0 Å². The van der Waals surface area contributed by atoms with Gasteiger partial charge in [-0.15, -0.1) is 0 Å². The van der Waals surface area contributed by atoms with Gasteiger partial charge in [0.15, 0.2) is 0 Å². The summed E-state index contributed by atoms with van der Waals surface area (Å²) in [4.78, 5) is 24.4. The Kier molecular flexibility index (Phi) is 4.72. The van der Waals surface area contributed by atoms with Crippen molar-refractivity contribution in [2.45, 2.75) is 0 Å². The fourth-order valence-corrected chi connectivity index (χ4v) is 3.02. The van der Waals surface area contributed by atoms with E-state index in [0.717, 1.165) is 22.2 Å². The molecule has 0 spiro atoms. The van der Waals surface area contributed by atoms with Gasteiger partial charge in [0.05, 0.1) is 12.8 Å². The zero-order valence-corrected chi connectivity index (χ0v) is 14.6. The van der Waals surface area contributed by atoms with Crippen LogP contribution >= 0.6 is 11.6 Å². The number of fused-ring (bicyclic) bond motifs is 1. The molecule has 0 aliphatic heterocycles. The minimum Gasteiger partial charge on any atom is -0.466 e. The first-order chi connectivity index (χ1) is 12.0. The molecule has 1 aromatic heterocycles. The third-order valence-corrected chi connectivity index (χ3v) is 4.27. The van der Waals surface area contributed by atoms with Gasteiger partial charge in [0.25, 0.3) is 5.56 Å². The molecular formula is C20H16ClNO3. The maximum absolute atomic E-state index is 12.8. The number of halogens is 1. The van der Waals surface area contributed by atoms with Crippen molar-refractivity contribution in [3.63, 3.8) is 0 Å². The molecule has 3 aromatic rings. The summed E-state index contributed by atoms with van der Waals surface area (Å²) in [5.41, 5.74) is 2.21. The molecule has 0 N–H and O–H groups in total. The lowest BCUT2D eigenvalue weighted by Crippen LogP contribution is -2.20. The lowest BCUT2D eigenvalue weighted by atomic mass is 9.98. The fraction of sp³-hybridized carbons (Fsp3) is 0.100. The van der Waals surface area contributed by atoms with Crippen molar-refractivity contribution in [2.24, 2.45) is 7.05 Å². The molecule has 0 aliphatic carbocycles. The van der Waals surface area contributed by atoms with Crippen LogP contribution in [0.1, 0.15) is 5.56 Å². The predicted molar refractivity (Wildman–Crippen MR) is 101 cm³/mol. The molecule has 2 aromatic carbocycles. The highest BCUT2D eigenvalue weighted by Gasteiger charge is 2.15. The summed E-state index contributed by atoms with van der Waals surface area (Å²) in [6.07, 6.45) is 3.02. The molecule has 0 bridgehead atoms. The van der Waals surface area contributed by atoms with E-state index in [1.165, 1.54) is 13.2 Å². The zero-order valence-electron chi connectivity index (χ0n) is 13.8. The van der Waals surface area contributed by atoms with Crippen LogP contribution in [0.5, 0.6) is 0 Å². The molecule has 126 valence electrons. The van der Waals surface area contributed by atoms with Gasteiger partial charge in [-0.1, -0.05) is 48.0 Å². The van der Waals surface area contributed by atoms with E-state index in [-0.39, 0.29) is 5.56 Å². The number of esters is 1. The van der Waals surface area contributed by atoms with Crippen molar-refractivity contribution < 1.29 is 9.53 Å². The molecule has 3 rings (SSSR count). The number of rotatable bonds is 3. The zero-order chi connectivity index (χ0) is 18.0. The van der Waals surface area contributed by atoms with E-state index in [1.807, 2.05) is 30.3 Å². The van der Waals surface area contributed by atoms with Crippen molar-refractivity contribution in [2.75, 3.05) is 7.11 Å². The van der Waals surface area contributed by atoms with Gasteiger partial charge >= 0.3 is 5.97 Å². The van der Waals surface area contributed by atoms with Crippen LogP contribution in [0.15, 0.2) is 59.4 Å². The number of carbonyl (C=O) groups is 1. The summed E-state index contributed by atoms with van der Waals surface area (Å²) in [7, 11) is 3.03. The maximum atomic E-state index is 12.8. The summed E-state index contributed by atoms with van der Waals surface area (Å²) >= 11 is 6.06. The molecule has 0 fully saturated rings. The summed E-state index contributed by atoms with van der Waals surface area (Å²) in [6, 6.07) is 14.7. The number of pyridine rings is 1. The summed E-state index contributed by atoms with van der Waals surface area (Å²) in [5, 5.41) is 1.71. The van der Waals surface area contributed by atoms with Crippen molar-refractivity contribution >= 4 is 34.4 Å². The highest BCUT2D eigenvalue weighted by Crippen LogP contribution is 2.30. The number of methoxy groups -OCH3 is 1. The number of benzene rings is 2. The largest absolute Gasteiger partial charge is 0.466 e. The molecule has 0 saturated heterocycles. The van der Waals surface area contributed by atoms with Crippen molar-refractivity contribution in [1.82, 2.24) is 4.57 Å². The van der Waals surface area contributed by atoms with E-state index in [9.17, 15) is 9.59 Å². The number of nitrogens with zero attached hydrogens (tertiary/aromatic N) is 1. The molecule has 0 amide bonds. The van der Waals surface area contributed by atoms with Crippen LogP contribution < -0.4 is 5.56 Å². The van der Waals surface area contributed by atoms with Crippen molar-refractivity contribution in [3.05, 3.63) is 75.5 Å². The SMILES string of the molecule is COC(=O)/C=C/c1c(-c2ccccc2)n(C)c(=O)c2cc(Cl)ccc12. The molecule has 0 unspecified atom stereocenters. The second-order valence-electron chi connectivity index (χ2n) is 5.54. The molecule has 4 nitrogen and oxygen atoms in total. The van der Waals surface area contributed by atoms with E-state index < -0.39 is 5.97 Å². The van der Waals surface area contributed by atoms with Crippen LogP contribution in [0.4, 0.5) is 0 Å². The minimum atomic E-state index is -0.463. The van der Waals surface area contributed by atoms with E-state index in [2.05, 4.69) is 4.74 Å². The molecule has 0 atom stereocenters. The Balaban J connectivity index is 2.42. The molecule has 0 radical (unpaired) electrons. The van der Waals surface area contributed by atoms with E-state index in [1.54, 1.807) is 35.9 Å². The Labute approximate surface area is 149 Å². The fourth-order valence-electron chi connectivity index (χ4n) is 2.85. The molecule has 0 saturated carbocycles. The van der Waals surface area contributed by atoms with E-state index >= 15 is 0 Å². The maximum Gasteiger partial charge on any atom is 0.330 e. The number of hydrogen-bond acceptors (Lipinski definition) is 3. The number of hydrogen-bond donors (Lipinski definition) is 0. The summed E-state index contributed by atoms with van der Waals surface area (Å²) in [6.45, 7) is 0.